The lowest BCUT2D eigenvalue weighted by atomic mass is 10.2. The summed E-state index contributed by atoms with van der Waals surface area (Å²) in [5.74, 6) is 0.0174. The van der Waals surface area contributed by atoms with E-state index in [0.29, 0.717) is 5.76 Å². The molecule has 0 rings (SSSR count). The minimum Gasteiger partial charge on any atom is -0.497 e. The Bertz CT molecular complexity index is 470. The zero-order valence-electron chi connectivity index (χ0n) is 12.1. The first kappa shape index (κ1) is 17.7. The van der Waals surface area contributed by atoms with E-state index in [2.05, 4.69) is 18.2 Å². The Morgan fingerprint density at radius 1 is 1.35 bits per heavy atom. The van der Waals surface area contributed by atoms with Gasteiger partial charge in [0.2, 0.25) is 5.88 Å². The molecule has 0 saturated heterocycles. The van der Waals surface area contributed by atoms with Crippen LogP contribution in [0, 0.1) is 0 Å². The largest absolute Gasteiger partial charge is 0.497 e. The highest BCUT2D eigenvalue weighted by atomic mass is 19.1. The number of methoxy groups -OCH3 is 1. The van der Waals surface area contributed by atoms with Crippen LogP contribution in [0.3, 0.4) is 0 Å². The van der Waals surface area contributed by atoms with Crippen LogP contribution in [0.4, 0.5) is 4.39 Å². The number of allylic oxidation sites excluding steroid dienone is 4. The maximum Gasteiger partial charge on any atom is 0.206 e. The molecule has 0 aromatic heterocycles. The van der Waals surface area contributed by atoms with Gasteiger partial charge in [0, 0.05) is 5.70 Å². The molecule has 0 atom stereocenters. The number of ether oxygens (including phenoxy) is 2. The van der Waals surface area contributed by atoms with E-state index < -0.39 is 5.83 Å². The van der Waals surface area contributed by atoms with E-state index in [9.17, 15) is 4.39 Å². The van der Waals surface area contributed by atoms with Gasteiger partial charge in [-0.1, -0.05) is 18.7 Å². The van der Waals surface area contributed by atoms with E-state index in [0.717, 1.165) is 11.8 Å². The number of nitrogens with zero attached hydrogens (tertiary/aromatic N) is 1. The third-order valence-electron chi connectivity index (χ3n) is 2.22. The van der Waals surface area contributed by atoms with Gasteiger partial charge in [-0.3, -0.25) is 0 Å². The quantitative estimate of drug-likeness (QED) is 0.421. The zero-order chi connectivity index (χ0) is 15.5. The van der Waals surface area contributed by atoms with E-state index in [-0.39, 0.29) is 18.2 Å². The Kier molecular flexibility index (Phi) is 8.50. The van der Waals surface area contributed by atoms with E-state index in [1.165, 1.54) is 14.0 Å². The second-order valence-corrected chi connectivity index (χ2v) is 3.84. The summed E-state index contributed by atoms with van der Waals surface area (Å²) in [7, 11) is 1.54. The first-order valence-electron chi connectivity index (χ1n) is 5.94. The van der Waals surface area contributed by atoms with Crippen molar-refractivity contribution in [1.29, 1.82) is 0 Å². The smallest absolute Gasteiger partial charge is 0.206 e. The standard InChI is InChI=1S/C15H21FN2O2/c1-6-14(8-7-11(2)19-5)10-20-13(4)18-9-15(16)12(3)17/h6-9H,2,4,10,17H2,1,3,5H3/b8-7-,14-6+,15-12+,18-9-. The molecule has 0 radical (unpaired) electrons. The molecule has 0 saturated carbocycles. The summed E-state index contributed by atoms with van der Waals surface area (Å²) < 4.78 is 23.2. The van der Waals surface area contributed by atoms with Crippen LogP contribution in [0.5, 0.6) is 0 Å². The fourth-order valence-corrected chi connectivity index (χ4v) is 0.930. The number of aliphatic imine (C=N–C) groups is 1. The van der Waals surface area contributed by atoms with E-state index in [1.54, 1.807) is 12.2 Å². The molecule has 0 aliphatic rings. The Morgan fingerprint density at radius 2 is 2.00 bits per heavy atom. The van der Waals surface area contributed by atoms with Gasteiger partial charge in [-0.15, -0.1) is 0 Å². The van der Waals surface area contributed by atoms with Gasteiger partial charge in [-0.05, 0) is 32.1 Å². The van der Waals surface area contributed by atoms with Crippen LogP contribution in [0.2, 0.25) is 0 Å². The minimum absolute atomic E-state index is 0.0525. The van der Waals surface area contributed by atoms with E-state index in [1.807, 2.05) is 13.0 Å². The molecule has 0 heterocycles. The summed E-state index contributed by atoms with van der Waals surface area (Å²) in [4.78, 5) is 3.71. The van der Waals surface area contributed by atoms with Crippen LogP contribution < -0.4 is 5.73 Å². The monoisotopic (exact) mass is 280 g/mol. The van der Waals surface area contributed by atoms with Crippen molar-refractivity contribution in [1.82, 2.24) is 0 Å². The summed E-state index contributed by atoms with van der Waals surface area (Å²) >= 11 is 0. The average Bonchev–Trinajstić information content (AvgIpc) is 2.44. The molecule has 5 heteroatoms. The van der Waals surface area contributed by atoms with Crippen molar-refractivity contribution in [2.24, 2.45) is 10.7 Å². The average molecular weight is 280 g/mol. The van der Waals surface area contributed by atoms with Crippen LogP contribution in [0.1, 0.15) is 13.8 Å². The van der Waals surface area contributed by atoms with Crippen molar-refractivity contribution in [2.75, 3.05) is 13.7 Å². The molecule has 2 N–H and O–H groups in total. The molecule has 20 heavy (non-hydrogen) atoms. The first-order chi connectivity index (χ1) is 9.40. The van der Waals surface area contributed by atoms with Gasteiger partial charge in [-0.2, -0.15) is 0 Å². The van der Waals surface area contributed by atoms with Crippen LogP contribution in [0.15, 0.2) is 65.1 Å². The third kappa shape index (κ3) is 7.92. The Balaban J connectivity index is 4.40. The highest BCUT2D eigenvalue weighted by Crippen LogP contribution is 2.06. The van der Waals surface area contributed by atoms with Crippen LogP contribution in [-0.2, 0) is 9.47 Å². The van der Waals surface area contributed by atoms with E-state index >= 15 is 0 Å². The van der Waals surface area contributed by atoms with Gasteiger partial charge >= 0.3 is 0 Å². The summed E-state index contributed by atoms with van der Waals surface area (Å²) in [5, 5.41) is 0. The molecule has 0 aromatic rings. The molecular weight excluding hydrogens is 259 g/mol. The Morgan fingerprint density at radius 3 is 2.50 bits per heavy atom. The summed E-state index contributed by atoms with van der Waals surface area (Å²) in [6.45, 7) is 10.8. The molecule has 0 unspecified atom stereocenters. The lowest BCUT2D eigenvalue weighted by Crippen LogP contribution is -1.98. The SMILES string of the molecule is C=C(/C=C\C(=C/C)COC(=C)/N=C\C(F)=C(\C)N)OC. The molecule has 0 aliphatic carbocycles. The number of halogens is 1. The van der Waals surface area contributed by atoms with Crippen LogP contribution in [0.25, 0.3) is 0 Å². The number of rotatable bonds is 8. The molecule has 4 nitrogen and oxygen atoms in total. The van der Waals surface area contributed by atoms with E-state index in [4.69, 9.17) is 15.2 Å². The normalized spacial score (nSPS) is 13.5. The van der Waals surface area contributed by atoms with Crippen molar-refractivity contribution >= 4 is 6.21 Å². The maximum atomic E-state index is 13.1. The number of nitrogens with two attached hydrogens (primary N) is 1. The van der Waals surface area contributed by atoms with Gasteiger partial charge in [0.1, 0.15) is 12.4 Å². The van der Waals surface area contributed by atoms with Crippen LogP contribution >= 0.6 is 0 Å². The summed E-state index contributed by atoms with van der Waals surface area (Å²) in [6, 6.07) is 0. The second kappa shape index (κ2) is 9.61. The number of hydrogen-bond donors (Lipinski definition) is 1. The first-order valence-corrected chi connectivity index (χ1v) is 5.94. The molecule has 0 aliphatic heterocycles. The van der Waals surface area contributed by atoms with Gasteiger partial charge in [0.05, 0.1) is 13.3 Å². The van der Waals surface area contributed by atoms with Gasteiger partial charge in [0.15, 0.2) is 5.83 Å². The summed E-state index contributed by atoms with van der Waals surface area (Å²) in [6.07, 6.45) is 6.34. The van der Waals surface area contributed by atoms with Gasteiger partial charge < -0.3 is 15.2 Å². The Labute approximate surface area is 119 Å². The van der Waals surface area contributed by atoms with Gasteiger partial charge in [-0.25, -0.2) is 9.38 Å². The van der Waals surface area contributed by atoms with Crippen molar-refractivity contribution in [2.45, 2.75) is 13.8 Å². The highest BCUT2D eigenvalue weighted by molar-refractivity contribution is 5.77. The lowest BCUT2D eigenvalue weighted by molar-refractivity contribution is 0.241. The van der Waals surface area contributed by atoms with Crippen molar-refractivity contribution in [3.8, 4) is 0 Å². The second-order valence-electron chi connectivity index (χ2n) is 3.84. The van der Waals surface area contributed by atoms with Crippen molar-refractivity contribution in [3.05, 3.63) is 60.1 Å². The Hall–Kier alpha value is -2.30. The highest BCUT2D eigenvalue weighted by Gasteiger charge is 1.97. The molecule has 0 aromatic carbocycles. The fraction of sp³-hybridized carbons (Fsp3) is 0.267. The van der Waals surface area contributed by atoms with Crippen molar-refractivity contribution in [3.63, 3.8) is 0 Å². The lowest BCUT2D eigenvalue weighted by Gasteiger charge is -2.05. The van der Waals surface area contributed by atoms with Crippen LogP contribution in [-0.4, -0.2) is 19.9 Å². The van der Waals surface area contributed by atoms with Crippen molar-refractivity contribution < 1.29 is 13.9 Å². The topological polar surface area (TPSA) is 56.8 Å². The molecule has 110 valence electrons. The minimum atomic E-state index is -0.614. The fourth-order valence-electron chi connectivity index (χ4n) is 0.930. The molecular formula is C15H21FN2O2. The zero-order valence-corrected chi connectivity index (χ0v) is 12.1. The predicted molar refractivity (Wildman–Crippen MR) is 80.6 cm³/mol. The molecule has 0 fully saturated rings. The summed E-state index contributed by atoms with van der Waals surface area (Å²) in [5.41, 5.74) is 6.18. The maximum absolute atomic E-state index is 13.1. The molecule has 0 amide bonds. The van der Waals surface area contributed by atoms with Gasteiger partial charge in [0.25, 0.3) is 0 Å². The third-order valence-corrected chi connectivity index (χ3v) is 2.22. The molecule has 0 spiro atoms. The number of hydrogen-bond acceptors (Lipinski definition) is 4. The predicted octanol–water partition coefficient (Wildman–Crippen LogP) is 3.37. The molecule has 0 bridgehead atoms.